The van der Waals surface area contributed by atoms with Gasteiger partial charge in [-0.3, -0.25) is 19.2 Å². The van der Waals surface area contributed by atoms with Crippen molar-refractivity contribution in [1.29, 1.82) is 0 Å². The minimum absolute atomic E-state index is 0.0315. The third-order valence-electron chi connectivity index (χ3n) is 11.8. The number of ketones is 2. The van der Waals surface area contributed by atoms with Gasteiger partial charge in [-0.15, -0.1) is 0 Å². The lowest BCUT2D eigenvalue weighted by Gasteiger charge is -2.18. The van der Waals surface area contributed by atoms with E-state index in [-0.39, 0.29) is 90.6 Å². The Morgan fingerprint density at radius 3 is 1.97 bits per heavy atom. The molecular formula is C51H61N3O15S. The first-order valence-corrected chi connectivity index (χ1v) is 23.8. The number of amides is 3. The Balaban J connectivity index is 1.10. The van der Waals surface area contributed by atoms with Crippen molar-refractivity contribution in [2.45, 2.75) is 135 Å². The molecule has 0 fully saturated rings. The van der Waals surface area contributed by atoms with Crippen molar-refractivity contribution in [2.75, 3.05) is 6.54 Å². The molecule has 1 unspecified atom stereocenters. The minimum Gasteiger partial charge on any atom is -0.508 e. The molecule has 2 aliphatic rings. The van der Waals surface area contributed by atoms with Crippen molar-refractivity contribution in [1.82, 2.24) is 16.0 Å². The van der Waals surface area contributed by atoms with E-state index >= 15 is 0 Å². The zero-order valence-corrected chi connectivity index (χ0v) is 39.9. The molecule has 70 heavy (non-hydrogen) atoms. The topological polar surface area (TPSA) is 304 Å². The quantitative estimate of drug-likeness (QED) is 0.0132. The first-order valence-electron chi connectivity index (χ1n) is 23.4. The first kappa shape index (κ1) is 55.6. The zero-order chi connectivity index (χ0) is 51.3. The molecule has 2 aromatic carbocycles. The molecule has 0 spiro atoms. The Labute approximate surface area is 409 Å². The van der Waals surface area contributed by atoms with Gasteiger partial charge in [0.15, 0.2) is 5.43 Å². The van der Waals surface area contributed by atoms with E-state index in [1.165, 1.54) is 31.2 Å². The van der Waals surface area contributed by atoms with Crippen molar-refractivity contribution >= 4 is 75.4 Å². The minimum atomic E-state index is -1.35. The molecule has 0 aromatic heterocycles. The predicted octanol–water partition coefficient (Wildman–Crippen LogP) is 7.69. The maximum Gasteiger partial charge on any atom is 0.336 e. The molecule has 0 saturated heterocycles. The van der Waals surface area contributed by atoms with Gasteiger partial charge < -0.3 is 50.7 Å². The summed E-state index contributed by atoms with van der Waals surface area (Å²) in [5.41, 5.74) is 2.22. The summed E-state index contributed by atoms with van der Waals surface area (Å²) in [6, 6.07) is 10.3. The Hall–Kier alpha value is -7.02. The smallest absolute Gasteiger partial charge is 0.336 e. The van der Waals surface area contributed by atoms with Crippen molar-refractivity contribution in [3.8, 4) is 28.2 Å². The number of unbranched alkanes of at least 4 members (excludes halogenated alkanes) is 6. The molecule has 1 aliphatic carbocycles. The Morgan fingerprint density at radius 2 is 1.30 bits per heavy atom. The Morgan fingerprint density at radius 1 is 0.657 bits per heavy atom. The maximum atomic E-state index is 12.7. The molecule has 0 radical (unpaired) electrons. The molecule has 0 bridgehead atoms. The van der Waals surface area contributed by atoms with Crippen LogP contribution >= 0.6 is 12.2 Å². The fourth-order valence-corrected chi connectivity index (χ4v) is 8.42. The molecule has 18 nitrogen and oxygen atoms in total. The highest BCUT2D eigenvalue weighted by molar-refractivity contribution is 7.80. The summed E-state index contributed by atoms with van der Waals surface area (Å²) >= 11 is 5.66. The highest BCUT2D eigenvalue weighted by Crippen LogP contribution is 2.42. The summed E-state index contributed by atoms with van der Waals surface area (Å²) in [7, 11) is 0. The van der Waals surface area contributed by atoms with E-state index in [1.807, 2.05) is 0 Å². The molecule has 8 N–H and O–H groups in total. The summed E-state index contributed by atoms with van der Waals surface area (Å²) in [5, 5.41) is 56.6. The average Bonchev–Trinajstić information content (AvgIpc) is 3.29. The summed E-state index contributed by atoms with van der Waals surface area (Å²) in [5.74, 6) is -6.01. The van der Waals surface area contributed by atoms with Gasteiger partial charge >= 0.3 is 29.9 Å². The van der Waals surface area contributed by atoms with E-state index in [0.29, 0.717) is 110 Å². The number of urea groups is 1. The van der Waals surface area contributed by atoms with E-state index in [4.69, 9.17) is 16.6 Å². The van der Waals surface area contributed by atoms with Crippen LogP contribution in [0.4, 0.5) is 4.79 Å². The number of hydrogen-bond donors (Lipinski definition) is 8. The standard InChI is InChI=1S/C51H61N3O15S/c1-30(55)16-23-42(50(66)67)54-51(68)53-41(49(64)65)14-9-10-24-52-45(59)15-8-3-2-6-12-33(56)27-32(47(60)61)11-5-4-7-13-36(70)25-31-17-20-37(40(26-31)48(62)63)46-38-21-18-34(57)28-43(38)69-44-29-35(58)19-22-39(44)46/h17-22,26,28-29,32,41-42,57H,2-16,23-25,27H2,1H3,(H,52,59)(H,60,61)(H,62,63)(H,64,65)(H,66,67)(H2,53,54,68)/t32?,41-,42-/m0/s1. The van der Waals surface area contributed by atoms with E-state index in [1.54, 1.807) is 30.3 Å². The van der Waals surface area contributed by atoms with Crippen LogP contribution in [0.3, 0.4) is 0 Å². The largest absolute Gasteiger partial charge is 0.508 e. The second-order valence-corrected chi connectivity index (χ2v) is 18.1. The van der Waals surface area contributed by atoms with E-state index in [0.717, 1.165) is 0 Å². The van der Waals surface area contributed by atoms with Gasteiger partial charge in [0.1, 0.15) is 40.7 Å². The van der Waals surface area contributed by atoms with Crippen LogP contribution in [-0.2, 0) is 35.2 Å². The fraction of sp³-hybridized carbons (Fsp3) is 0.451. The number of rotatable bonds is 32. The molecular weight excluding hydrogens is 927 g/mol. The van der Waals surface area contributed by atoms with Crippen LogP contribution in [0.5, 0.6) is 5.75 Å². The lowest BCUT2D eigenvalue weighted by molar-refractivity contribution is -0.144. The van der Waals surface area contributed by atoms with Crippen LogP contribution in [0.15, 0.2) is 63.8 Å². The van der Waals surface area contributed by atoms with Crippen LogP contribution in [0, 0.1) is 5.92 Å². The number of aromatic hydroxyl groups is 1. The van der Waals surface area contributed by atoms with Gasteiger partial charge in [-0.25, -0.2) is 19.2 Å². The highest BCUT2D eigenvalue weighted by Gasteiger charge is 2.26. The van der Waals surface area contributed by atoms with Crippen LogP contribution in [0.2, 0.25) is 0 Å². The number of hydrogen-bond acceptors (Lipinski definition) is 12. The van der Waals surface area contributed by atoms with Crippen LogP contribution < -0.4 is 21.4 Å². The molecule has 4 rings (SSSR count). The van der Waals surface area contributed by atoms with E-state index in [9.17, 15) is 68.7 Å². The van der Waals surface area contributed by atoms with E-state index < -0.39 is 47.9 Å². The number of aromatic carboxylic acids is 1. The molecule has 3 atom stereocenters. The first-order chi connectivity index (χ1) is 33.3. The number of carboxylic acids is 4. The molecule has 1 aliphatic heterocycles. The third kappa shape index (κ3) is 18.1. The second kappa shape index (κ2) is 27.8. The SMILES string of the molecule is CC(=O)CC[C@H](NC(=O)N[C@@H](CCCCNC(=O)CCCCCCC(=O)CC(CCCCCC(=S)Cc1ccc(-c2c3ccc(=O)cc-3oc3cc(O)ccc23)c(C(=O)O)c1)C(=O)O)C(=O)O)C(=O)O. The van der Waals surface area contributed by atoms with Gasteiger partial charge in [-0.1, -0.05) is 50.0 Å². The second-order valence-electron chi connectivity index (χ2n) is 17.5. The molecule has 2 aromatic rings. The number of thiocarbonyl (C=S) groups is 1. The Kier molecular flexibility index (Phi) is 22.1. The number of benzene rings is 3. The Bertz CT molecular complexity index is 2570. The van der Waals surface area contributed by atoms with Gasteiger partial charge in [-0.2, -0.15) is 0 Å². The monoisotopic (exact) mass is 987 g/mol. The lowest BCUT2D eigenvalue weighted by Crippen LogP contribution is -2.51. The number of phenols is 1. The van der Waals surface area contributed by atoms with E-state index in [2.05, 4.69) is 16.0 Å². The summed E-state index contributed by atoms with van der Waals surface area (Å²) in [6.07, 6.45) is 6.82. The lowest BCUT2D eigenvalue weighted by atomic mass is 9.89. The van der Waals surface area contributed by atoms with Crippen molar-refractivity contribution in [3.05, 3.63) is 75.9 Å². The highest BCUT2D eigenvalue weighted by atomic mass is 32.1. The average molecular weight is 988 g/mol. The molecule has 19 heteroatoms. The number of aliphatic carboxylic acids is 3. The number of carbonyl (C=O) groups excluding carboxylic acids is 4. The van der Waals surface area contributed by atoms with Crippen molar-refractivity contribution in [3.63, 3.8) is 0 Å². The van der Waals surface area contributed by atoms with Crippen molar-refractivity contribution < 1.29 is 68.3 Å². The summed E-state index contributed by atoms with van der Waals surface area (Å²) < 4.78 is 5.91. The molecule has 0 saturated carbocycles. The fourth-order valence-electron chi connectivity index (χ4n) is 8.11. The molecule has 1 heterocycles. The van der Waals surface area contributed by atoms with Gasteiger partial charge in [0, 0.05) is 67.3 Å². The normalized spacial score (nSPS) is 12.4. The summed E-state index contributed by atoms with van der Waals surface area (Å²) in [4.78, 5) is 109. The number of Topliss-reactive ketones (excluding diaryl/α,β-unsaturated/α-hetero) is 2. The number of phenolic OH excluding ortho intramolecular Hbond substituents is 1. The van der Waals surface area contributed by atoms with Gasteiger partial charge in [0.25, 0.3) is 0 Å². The maximum absolute atomic E-state index is 12.7. The predicted molar refractivity (Wildman–Crippen MR) is 262 cm³/mol. The summed E-state index contributed by atoms with van der Waals surface area (Å²) in [6.45, 7) is 1.57. The third-order valence-corrected chi connectivity index (χ3v) is 12.2. The van der Waals surface area contributed by atoms with Gasteiger partial charge in [-0.05, 0) is 111 Å². The van der Waals surface area contributed by atoms with Crippen molar-refractivity contribution in [2.24, 2.45) is 5.92 Å². The van der Waals surface area contributed by atoms with Gasteiger partial charge in [0.2, 0.25) is 5.91 Å². The van der Waals surface area contributed by atoms with Crippen LogP contribution in [0.25, 0.3) is 33.4 Å². The number of fused-ring (bicyclic) bond motifs is 2. The molecule has 3 amide bonds. The molecule has 376 valence electrons. The number of carbonyl (C=O) groups is 8. The number of carboxylic acid groups (broad SMARTS) is 4. The van der Waals surface area contributed by atoms with Gasteiger partial charge in [0.05, 0.1) is 11.5 Å². The number of nitrogens with one attached hydrogen (secondary N) is 3. The zero-order valence-electron chi connectivity index (χ0n) is 39.1. The van der Waals surface area contributed by atoms with Crippen LogP contribution in [0.1, 0.15) is 132 Å². The van der Waals surface area contributed by atoms with Crippen LogP contribution in [-0.4, -0.2) is 96.4 Å².